The number of esters is 1. The predicted molar refractivity (Wildman–Crippen MR) is 125 cm³/mol. The molecule has 2 aromatic carbocycles. The van der Waals surface area contributed by atoms with Gasteiger partial charge in [-0.1, -0.05) is 34.0 Å². The molecule has 6 nitrogen and oxygen atoms in total. The van der Waals surface area contributed by atoms with E-state index in [1.165, 1.54) is 17.9 Å². The first-order valence-corrected chi connectivity index (χ1v) is 11.8. The van der Waals surface area contributed by atoms with Crippen LogP contribution in [-0.4, -0.2) is 48.1 Å². The lowest BCUT2D eigenvalue weighted by Crippen LogP contribution is -2.73. The number of carbonyl (C=O) groups is 2. The van der Waals surface area contributed by atoms with Gasteiger partial charge in [0, 0.05) is 11.4 Å². The number of amides is 1. The summed E-state index contributed by atoms with van der Waals surface area (Å²) in [5.41, 5.74) is -0.850. The maximum absolute atomic E-state index is 14.8. The average Bonchev–Trinajstić information content (AvgIpc) is 2.75. The van der Waals surface area contributed by atoms with Gasteiger partial charge in [0.1, 0.15) is 0 Å². The van der Waals surface area contributed by atoms with Crippen molar-refractivity contribution in [2.45, 2.75) is 37.8 Å². The summed E-state index contributed by atoms with van der Waals surface area (Å²) >= 11 is 9.51. The molecule has 2 fully saturated rings. The number of halogens is 4. The van der Waals surface area contributed by atoms with Gasteiger partial charge < -0.3 is 20.3 Å². The number of anilines is 2. The highest BCUT2D eigenvalue weighted by molar-refractivity contribution is 9.10. The second-order valence-corrected chi connectivity index (χ2v) is 9.68. The summed E-state index contributed by atoms with van der Waals surface area (Å²) in [5, 5.41) is 6.42. The number of nitrogens with one attached hydrogen (secondary N) is 2. The highest BCUT2D eigenvalue weighted by Crippen LogP contribution is 2.37. The van der Waals surface area contributed by atoms with Crippen LogP contribution in [0, 0.1) is 11.6 Å². The third-order valence-electron chi connectivity index (χ3n) is 6.01. The quantitative estimate of drug-likeness (QED) is 0.519. The summed E-state index contributed by atoms with van der Waals surface area (Å²) in [4.78, 5) is 26.5. The minimum atomic E-state index is -1.18. The van der Waals surface area contributed by atoms with Crippen LogP contribution in [0.2, 0.25) is 5.02 Å². The van der Waals surface area contributed by atoms with Gasteiger partial charge >= 0.3 is 5.97 Å². The molecule has 2 aliphatic heterocycles. The molecule has 176 valence electrons. The van der Waals surface area contributed by atoms with Crippen LogP contribution < -0.4 is 10.6 Å². The minimum Gasteiger partial charge on any atom is -0.454 e. The van der Waals surface area contributed by atoms with Crippen molar-refractivity contribution in [3.05, 3.63) is 57.0 Å². The van der Waals surface area contributed by atoms with E-state index < -0.39 is 29.1 Å². The Morgan fingerprint density at radius 3 is 2.64 bits per heavy atom. The van der Waals surface area contributed by atoms with E-state index >= 15 is 0 Å². The standard InChI is InChI=1S/C23H23BrClF2N3O3/c1-13(31)33-23(19-4-2-3-9-28-19)11-30(12-23)22(32)15-6-7-17(26)20(27)21(15)29-18-8-5-14(24)10-16(18)25/h5-8,10,19,28-29H,2-4,9,11-12H2,1H3. The van der Waals surface area contributed by atoms with Gasteiger partial charge in [0.25, 0.3) is 5.91 Å². The maximum atomic E-state index is 14.8. The van der Waals surface area contributed by atoms with Gasteiger partial charge in [-0.2, -0.15) is 0 Å². The molecule has 0 aliphatic carbocycles. The van der Waals surface area contributed by atoms with Crippen molar-refractivity contribution < 1.29 is 23.1 Å². The van der Waals surface area contributed by atoms with E-state index in [2.05, 4.69) is 26.6 Å². The van der Waals surface area contributed by atoms with Crippen LogP contribution in [-0.2, 0) is 9.53 Å². The Bertz CT molecular complexity index is 1090. The first-order valence-electron chi connectivity index (χ1n) is 10.6. The first-order chi connectivity index (χ1) is 15.7. The normalized spacial score (nSPS) is 19.5. The number of hydrogen-bond acceptors (Lipinski definition) is 5. The van der Waals surface area contributed by atoms with Crippen LogP contribution in [0.15, 0.2) is 34.8 Å². The van der Waals surface area contributed by atoms with Crippen molar-refractivity contribution >= 4 is 50.8 Å². The molecule has 2 aliphatic rings. The highest BCUT2D eigenvalue weighted by atomic mass is 79.9. The molecular formula is C23H23BrClF2N3O3. The van der Waals surface area contributed by atoms with Gasteiger partial charge in [0.05, 0.1) is 41.1 Å². The Morgan fingerprint density at radius 1 is 1.24 bits per heavy atom. The number of piperidine rings is 1. The lowest BCUT2D eigenvalue weighted by atomic mass is 9.81. The second-order valence-electron chi connectivity index (χ2n) is 8.36. The molecule has 2 saturated heterocycles. The summed E-state index contributed by atoms with van der Waals surface area (Å²) in [5.74, 6) is -3.19. The van der Waals surface area contributed by atoms with Crippen LogP contribution >= 0.6 is 27.5 Å². The van der Waals surface area contributed by atoms with E-state index in [9.17, 15) is 18.4 Å². The maximum Gasteiger partial charge on any atom is 0.303 e. The molecule has 2 N–H and O–H groups in total. The highest BCUT2D eigenvalue weighted by Gasteiger charge is 2.54. The van der Waals surface area contributed by atoms with E-state index in [4.69, 9.17) is 16.3 Å². The lowest BCUT2D eigenvalue weighted by molar-refractivity contribution is -0.181. The lowest BCUT2D eigenvalue weighted by Gasteiger charge is -2.53. The van der Waals surface area contributed by atoms with Gasteiger partial charge in [-0.05, 0) is 49.7 Å². The number of carbonyl (C=O) groups excluding carboxylic acids is 2. The zero-order valence-corrected chi connectivity index (χ0v) is 20.2. The number of benzene rings is 2. The van der Waals surface area contributed by atoms with E-state index in [0.717, 1.165) is 31.9 Å². The molecule has 10 heteroatoms. The van der Waals surface area contributed by atoms with Crippen molar-refractivity contribution in [1.82, 2.24) is 10.2 Å². The Balaban J connectivity index is 1.60. The molecule has 0 saturated carbocycles. The Kier molecular flexibility index (Phi) is 6.93. The fraction of sp³-hybridized carbons (Fsp3) is 0.391. The number of rotatable bonds is 5. The third kappa shape index (κ3) is 4.85. The van der Waals surface area contributed by atoms with Gasteiger partial charge in [-0.15, -0.1) is 0 Å². The van der Waals surface area contributed by atoms with E-state index in [-0.39, 0.29) is 35.4 Å². The Labute approximate surface area is 203 Å². The topological polar surface area (TPSA) is 70.7 Å². The molecule has 1 unspecified atom stereocenters. The zero-order valence-electron chi connectivity index (χ0n) is 17.9. The summed E-state index contributed by atoms with van der Waals surface area (Å²) < 4.78 is 35.2. The molecule has 0 bridgehead atoms. The van der Waals surface area contributed by atoms with Crippen molar-refractivity contribution in [1.29, 1.82) is 0 Å². The van der Waals surface area contributed by atoms with Crippen LogP contribution in [0.1, 0.15) is 36.5 Å². The third-order valence-corrected chi connectivity index (χ3v) is 6.82. The largest absolute Gasteiger partial charge is 0.454 e. The van der Waals surface area contributed by atoms with Crippen LogP contribution in [0.25, 0.3) is 0 Å². The molecular weight excluding hydrogens is 520 g/mol. The molecule has 2 heterocycles. The fourth-order valence-electron chi connectivity index (χ4n) is 4.43. The molecule has 0 radical (unpaired) electrons. The smallest absolute Gasteiger partial charge is 0.303 e. The summed E-state index contributed by atoms with van der Waals surface area (Å²) in [6.45, 7) is 2.49. The van der Waals surface area contributed by atoms with Crippen LogP contribution in [0.3, 0.4) is 0 Å². The fourth-order valence-corrected chi connectivity index (χ4v) is 5.15. The predicted octanol–water partition coefficient (Wildman–Crippen LogP) is 5.02. The summed E-state index contributed by atoms with van der Waals surface area (Å²) in [6, 6.07) is 6.97. The van der Waals surface area contributed by atoms with E-state index in [1.807, 2.05) is 0 Å². The van der Waals surface area contributed by atoms with Crippen LogP contribution in [0.4, 0.5) is 20.2 Å². The molecule has 0 aromatic heterocycles. The van der Waals surface area contributed by atoms with Gasteiger partial charge in [0.2, 0.25) is 0 Å². The van der Waals surface area contributed by atoms with Crippen molar-refractivity contribution in [3.8, 4) is 0 Å². The van der Waals surface area contributed by atoms with E-state index in [0.29, 0.717) is 10.2 Å². The molecule has 2 aromatic rings. The van der Waals surface area contributed by atoms with Crippen LogP contribution in [0.5, 0.6) is 0 Å². The summed E-state index contributed by atoms with van der Waals surface area (Å²) in [7, 11) is 0. The molecule has 1 atom stereocenters. The summed E-state index contributed by atoms with van der Waals surface area (Å²) in [6.07, 6.45) is 2.87. The zero-order chi connectivity index (χ0) is 23.8. The minimum absolute atomic E-state index is 0.0408. The van der Waals surface area contributed by atoms with Crippen molar-refractivity contribution in [2.24, 2.45) is 0 Å². The number of likely N-dealkylation sites (tertiary alicyclic amines) is 1. The number of nitrogens with zero attached hydrogens (tertiary/aromatic N) is 1. The second kappa shape index (κ2) is 9.56. The van der Waals surface area contributed by atoms with E-state index in [1.54, 1.807) is 18.2 Å². The van der Waals surface area contributed by atoms with Crippen molar-refractivity contribution in [2.75, 3.05) is 25.0 Å². The number of ether oxygens (including phenoxy) is 1. The molecule has 0 spiro atoms. The molecule has 1 amide bonds. The number of hydrogen-bond donors (Lipinski definition) is 2. The first kappa shape index (κ1) is 23.9. The van der Waals surface area contributed by atoms with Gasteiger partial charge in [-0.3, -0.25) is 9.59 Å². The molecule has 4 rings (SSSR count). The monoisotopic (exact) mass is 541 g/mol. The van der Waals surface area contributed by atoms with Gasteiger partial charge in [-0.25, -0.2) is 8.78 Å². The SMILES string of the molecule is CC(=O)OC1(C2CCCCN2)CN(C(=O)c2ccc(F)c(F)c2Nc2ccc(Br)cc2Cl)C1. The van der Waals surface area contributed by atoms with Crippen molar-refractivity contribution in [3.63, 3.8) is 0 Å². The average molecular weight is 543 g/mol. The van der Waals surface area contributed by atoms with Gasteiger partial charge in [0.15, 0.2) is 17.2 Å². The Morgan fingerprint density at radius 2 is 2.00 bits per heavy atom. The molecule has 33 heavy (non-hydrogen) atoms. The Hall–Kier alpha value is -2.23.